The number of aliphatic hydroxyl groups excluding tert-OH is 1. The Labute approximate surface area is 310 Å². The second-order valence-electron chi connectivity index (χ2n) is 16.9. The zero-order valence-electron chi connectivity index (χ0n) is 33.2. The van der Waals surface area contributed by atoms with Gasteiger partial charge in [0, 0.05) is 37.2 Å². The molecule has 0 spiro atoms. The first kappa shape index (κ1) is 40.9. The number of likely N-dealkylation sites (tertiary alicyclic amines) is 1. The van der Waals surface area contributed by atoms with Gasteiger partial charge in [-0.3, -0.25) is 0 Å². The Hall–Kier alpha value is -3.88. The van der Waals surface area contributed by atoms with Gasteiger partial charge in [-0.2, -0.15) is 9.61 Å². The number of aliphatic hydroxyl groups is 1. The third-order valence-corrected chi connectivity index (χ3v) is 13.6. The van der Waals surface area contributed by atoms with E-state index in [1.54, 1.807) is 45.9 Å². The third-order valence-electron chi connectivity index (χ3n) is 9.10. The largest absolute Gasteiger partial charge is 0.494 e. The highest BCUT2D eigenvalue weighted by atomic mass is 28.4. The van der Waals surface area contributed by atoms with E-state index in [1.807, 2.05) is 48.5 Å². The monoisotopic (exact) mass is 740 g/mol. The van der Waals surface area contributed by atoms with Crippen molar-refractivity contribution in [2.24, 2.45) is 0 Å². The molecule has 2 amide bonds. The minimum atomic E-state index is -2.20. The van der Waals surface area contributed by atoms with Crippen molar-refractivity contribution in [2.45, 2.75) is 130 Å². The summed E-state index contributed by atoms with van der Waals surface area (Å²) in [7, 11) is -2.20. The molecule has 3 heterocycles. The second kappa shape index (κ2) is 16.0. The predicted molar refractivity (Wildman–Crippen MR) is 206 cm³/mol. The molecule has 2 atom stereocenters. The predicted octanol–water partition coefficient (Wildman–Crippen LogP) is 7.94. The standard InChI is InChI=1S/C38H60N6O7Si/c1-13-48-29-18-16-27(17-19-29)43(35(47)51-37(5,6)7)33-30(23-28(45)25-49-52(11,12)38(8,9)10)32(41-31-20-21-39-44(31)33)40-26-15-14-22-42(24-26)34(46)50-36(2,3)4/h16-21,26,28,45H,13-15,22-25H2,1-12H3,(H,40,41)/t26-,28?/m0/s1. The number of piperidine rings is 1. The number of fused-ring (bicyclic) bond motifs is 1. The van der Waals surface area contributed by atoms with Crippen LogP contribution < -0.4 is 15.0 Å². The molecule has 0 radical (unpaired) electrons. The number of nitrogens with zero attached hydrogens (tertiary/aromatic N) is 5. The lowest BCUT2D eigenvalue weighted by molar-refractivity contribution is 0.0206. The summed E-state index contributed by atoms with van der Waals surface area (Å²) < 4.78 is 25.4. The molecule has 52 heavy (non-hydrogen) atoms. The van der Waals surface area contributed by atoms with Crippen LogP contribution in [0.3, 0.4) is 0 Å². The lowest BCUT2D eigenvalue weighted by Gasteiger charge is -2.37. The van der Waals surface area contributed by atoms with Gasteiger partial charge in [0.05, 0.1) is 31.2 Å². The van der Waals surface area contributed by atoms with Crippen LogP contribution in [0, 0.1) is 0 Å². The van der Waals surface area contributed by atoms with E-state index in [4.69, 9.17) is 23.6 Å². The number of nitrogens with one attached hydrogen (secondary N) is 1. The molecule has 3 aromatic rings. The Kier molecular flexibility index (Phi) is 12.6. The van der Waals surface area contributed by atoms with Crippen LogP contribution >= 0.6 is 0 Å². The maximum absolute atomic E-state index is 14.3. The van der Waals surface area contributed by atoms with Crippen molar-refractivity contribution < 1.29 is 33.3 Å². The fourth-order valence-corrected chi connectivity index (χ4v) is 6.62. The van der Waals surface area contributed by atoms with Crippen LogP contribution in [-0.2, 0) is 20.3 Å². The van der Waals surface area contributed by atoms with Gasteiger partial charge in [-0.05, 0) is 104 Å². The summed E-state index contributed by atoms with van der Waals surface area (Å²) >= 11 is 0. The highest BCUT2D eigenvalue weighted by Crippen LogP contribution is 2.39. The molecule has 2 N–H and O–H groups in total. The molecule has 13 nitrogen and oxygen atoms in total. The number of hydrogen-bond acceptors (Lipinski definition) is 10. The molecular weight excluding hydrogens is 681 g/mol. The number of anilines is 3. The second-order valence-corrected chi connectivity index (χ2v) is 21.8. The van der Waals surface area contributed by atoms with Crippen LogP contribution in [0.25, 0.3) is 5.65 Å². The van der Waals surface area contributed by atoms with Gasteiger partial charge in [0.2, 0.25) is 0 Å². The number of benzene rings is 1. The lowest BCUT2D eigenvalue weighted by Crippen LogP contribution is -2.47. The number of ether oxygens (including phenoxy) is 3. The van der Waals surface area contributed by atoms with E-state index in [0.717, 1.165) is 12.8 Å². The topological polar surface area (TPSA) is 140 Å². The smallest absolute Gasteiger partial charge is 0.420 e. The maximum Gasteiger partial charge on any atom is 0.420 e. The van der Waals surface area contributed by atoms with Gasteiger partial charge in [0.15, 0.2) is 19.8 Å². The lowest BCUT2D eigenvalue weighted by atomic mass is 10.0. The molecule has 2 aromatic heterocycles. The van der Waals surface area contributed by atoms with E-state index in [-0.39, 0.29) is 30.2 Å². The van der Waals surface area contributed by atoms with Crippen LogP contribution in [0.1, 0.15) is 87.6 Å². The highest BCUT2D eigenvalue weighted by Gasteiger charge is 2.38. The van der Waals surface area contributed by atoms with Crippen molar-refractivity contribution in [2.75, 3.05) is 36.5 Å². The number of aromatic nitrogens is 3. The first-order valence-corrected chi connectivity index (χ1v) is 21.2. The van der Waals surface area contributed by atoms with Gasteiger partial charge >= 0.3 is 12.2 Å². The molecule has 1 unspecified atom stereocenters. The first-order chi connectivity index (χ1) is 24.1. The zero-order chi connectivity index (χ0) is 38.6. The quantitative estimate of drug-likeness (QED) is 0.186. The molecule has 4 rings (SSSR count). The van der Waals surface area contributed by atoms with Gasteiger partial charge in [-0.25, -0.2) is 19.5 Å². The van der Waals surface area contributed by atoms with Crippen LogP contribution in [0.4, 0.5) is 26.9 Å². The zero-order valence-corrected chi connectivity index (χ0v) is 34.2. The first-order valence-electron chi connectivity index (χ1n) is 18.3. The normalized spacial score (nSPS) is 16.4. The van der Waals surface area contributed by atoms with Crippen molar-refractivity contribution in [3.05, 3.63) is 42.1 Å². The molecule has 1 aliphatic rings. The summed E-state index contributed by atoms with van der Waals surface area (Å²) in [4.78, 5) is 35.6. The van der Waals surface area contributed by atoms with Gasteiger partial charge < -0.3 is 34.0 Å². The Morgan fingerprint density at radius 3 is 2.27 bits per heavy atom. The van der Waals surface area contributed by atoms with Crippen LogP contribution in [0.2, 0.25) is 18.1 Å². The molecule has 1 fully saturated rings. The van der Waals surface area contributed by atoms with Crippen molar-refractivity contribution in [3.63, 3.8) is 0 Å². The summed E-state index contributed by atoms with van der Waals surface area (Å²) in [6.45, 7) is 25.2. The minimum Gasteiger partial charge on any atom is -0.494 e. The van der Waals surface area contributed by atoms with Gasteiger partial charge in [0.1, 0.15) is 22.8 Å². The van der Waals surface area contributed by atoms with E-state index in [1.165, 1.54) is 4.90 Å². The fourth-order valence-electron chi connectivity index (χ4n) is 5.57. The van der Waals surface area contributed by atoms with Gasteiger partial charge in [-0.15, -0.1) is 0 Å². The van der Waals surface area contributed by atoms with Crippen molar-refractivity contribution in [1.29, 1.82) is 0 Å². The summed E-state index contributed by atoms with van der Waals surface area (Å²) in [5, 5.41) is 19.9. The number of rotatable bonds is 11. The van der Waals surface area contributed by atoms with E-state index >= 15 is 0 Å². The van der Waals surface area contributed by atoms with Crippen molar-refractivity contribution in [3.8, 4) is 5.75 Å². The number of hydrogen-bond donors (Lipinski definition) is 2. The summed E-state index contributed by atoms with van der Waals surface area (Å²) in [5.41, 5.74) is 0.0859. The number of carbonyl (C=O) groups excluding carboxylic acids is 2. The molecule has 0 bridgehead atoms. The van der Waals surface area contributed by atoms with Crippen LogP contribution in [0.5, 0.6) is 5.75 Å². The van der Waals surface area contributed by atoms with Gasteiger partial charge in [0.25, 0.3) is 0 Å². The molecule has 288 valence electrons. The molecule has 1 aromatic carbocycles. The van der Waals surface area contributed by atoms with Crippen molar-refractivity contribution >= 4 is 43.5 Å². The summed E-state index contributed by atoms with van der Waals surface area (Å²) in [6.07, 6.45) is 1.27. The Bertz CT molecular complexity index is 1670. The number of carbonyl (C=O) groups is 2. The van der Waals surface area contributed by atoms with E-state index in [2.05, 4.69) is 44.3 Å². The molecular formula is C38H60N6O7Si. The average Bonchev–Trinajstić information content (AvgIpc) is 3.48. The Balaban J connectivity index is 1.86. The molecule has 14 heteroatoms. The Morgan fingerprint density at radius 2 is 1.67 bits per heavy atom. The maximum atomic E-state index is 14.3. The molecule has 1 saturated heterocycles. The van der Waals surface area contributed by atoms with Crippen molar-refractivity contribution in [1.82, 2.24) is 19.5 Å². The van der Waals surface area contributed by atoms with Gasteiger partial charge in [-0.1, -0.05) is 20.8 Å². The fraction of sp³-hybridized carbons (Fsp3) is 0.632. The van der Waals surface area contributed by atoms with E-state index in [0.29, 0.717) is 54.0 Å². The highest BCUT2D eigenvalue weighted by molar-refractivity contribution is 6.74. The minimum absolute atomic E-state index is 0.0533. The molecule has 0 saturated carbocycles. The Morgan fingerprint density at radius 1 is 1.02 bits per heavy atom. The molecule has 0 aliphatic carbocycles. The summed E-state index contributed by atoms with van der Waals surface area (Å²) in [6, 6.07) is 8.75. The summed E-state index contributed by atoms with van der Waals surface area (Å²) in [5.74, 6) is 1.48. The van der Waals surface area contributed by atoms with Crippen LogP contribution in [0.15, 0.2) is 36.5 Å². The number of amides is 2. The van der Waals surface area contributed by atoms with E-state index in [9.17, 15) is 14.7 Å². The average molecular weight is 741 g/mol. The molecule has 1 aliphatic heterocycles. The SMILES string of the molecule is CCOc1ccc(N(C(=O)OC(C)(C)C)c2c(CC(O)CO[Si](C)(C)C(C)(C)C)c(N[C@H]3CCCN(C(=O)OC(C)(C)C)C3)nc3ccnn23)cc1. The van der Waals surface area contributed by atoms with Crippen LogP contribution in [-0.4, -0.2) is 94.8 Å². The van der Waals surface area contributed by atoms with E-state index < -0.39 is 31.7 Å². The third kappa shape index (κ3) is 10.6.